The zero-order chi connectivity index (χ0) is 12.3. The molecule has 0 radical (unpaired) electrons. The summed E-state index contributed by atoms with van der Waals surface area (Å²) >= 11 is 0. The standard InChI is InChI=1S/C14H29N3/c1-12-9-14(10-15,11-17(12)2)16-13-7-5-3-4-6-8-13/h12-13,16H,3-11,15H2,1-2H3. The van der Waals surface area contributed by atoms with Crippen LogP contribution in [0.1, 0.15) is 51.9 Å². The smallest absolute Gasteiger partial charge is 0.0449 e. The van der Waals surface area contributed by atoms with Gasteiger partial charge in [0.2, 0.25) is 0 Å². The van der Waals surface area contributed by atoms with Crippen molar-refractivity contribution in [3.05, 3.63) is 0 Å². The average molecular weight is 239 g/mol. The van der Waals surface area contributed by atoms with E-state index in [2.05, 4.69) is 24.2 Å². The predicted molar refractivity (Wildman–Crippen MR) is 73.1 cm³/mol. The molecule has 0 amide bonds. The lowest BCUT2D eigenvalue weighted by Gasteiger charge is -2.33. The summed E-state index contributed by atoms with van der Waals surface area (Å²) in [6.45, 7) is 4.20. The van der Waals surface area contributed by atoms with E-state index in [1.165, 1.54) is 44.9 Å². The number of nitrogens with zero attached hydrogens (tertiary/aromatic N) is 1. The summed E-state index contributed by atoms with van der Waals surface area (Å²) in [5.74, 6) is 0. The van der Waals surface area contributed by atoms with Gasteiger partial charge >= 0.3 is 0 Å². The lowest BCUT2D eigenvalue weighted by Crippen LogP contribution is -2.56. The van der Waals surface area contributed by atoms with Crippen LogP contribution >= 0.6 is 0 Å². The highest BCUT2D eigenvalue weighted by Gasteiger charge is 2.40. The predicted octanol–water partition coefficient (Wildman–Crippen LogP) is 1.72. The van der Waals surface area contributed by atoms with Crippen molar-refractivity contribution < 1.29 is 0 Å². The molecule has 1 heterocycles. The van der Waals surface area contributed by atoms with E-state index in [1.54, 1.807) is 0 Å². The summed E-state index contributed by atoms with van der Waals surface area (Å²) in [6.07, 6.45) is 9.53. The van der Waals surface area contributed by atoms with E-state index in [0.717, 1.165) is 13.1 Å². The van der Waals surface area contributed by atoms with Crippen LogP contribution in [-0.4, -0.2) is 42.7 Å². The van der Waals surface area contributed by atoms with E-state index >= 15 is 0 Å². The number of likely N-dealkylation sites (tertiary alicyclic amines) is 1. The Morgan fingerprint density at radius 3 is 2.35 bits per heavy atom. The summed E-state index contributed by atoms with van der Waals surface area (Å²) in [5.41, 5.74) is 6.24. The third-order valence-electron chi connectivity index (χ3n) is 4.75. The molecule has 1 saturated carbocycles. The molecular formula is C14H29N3. The minimum Gasteiger partial charge on any atom is -0.329 e. The van der Waals surface area contributed by atoms with Gasteiger partial charge in [-0.3, -0.25) is 0 Å². The molecule has 2 unspecified atom stereocenters. The van der Waals surface area contributed by atoms with Crippen LogP contribution in [0.15, 0.2) is 0 Å². The fraction of sp³-hybridized carbons (Fsp3) is 1.00. The molecule has 0 aromatic carbocycles. The zero-order valence-electron chi connectivity index (χ0n) is 11.5. The fourth-order valence-corrected chi connectivity index (χ4v) is 3.59. The average Bonchev–Trinajstić information content (AvgIpc) is 2.50. The summed E-state index contributed by atoms with van der Waals surface area (Å²) in [7, 11) is 2.22. The molecule has 1 aliphatic carbocycles. The molecule has 1 saturated heterocycles. The van der Waals surface area contributed by atoms with Gasteiger partial charge in [-0.1, -0.05) is 25.7 Å². The Bertz CT molecular complexity index is 224. The van der Waals surface area contributed by atoms with Crippen LogP contribution < -0.4 is 11.1 Å². The Kier molecular flexibility index (Phi) is 4.45. The van der Waals surface area contributed by atoms with Crippen LogP contribution in [0.25, 0.3) is 0 Å². The highest BCUT2D eigenvalue weighted by molar-refractivity contribution is 5.02. The fourth-order valence-electron chi connectivity index (χ4n) is 3.59. The van der Waals surface area contributed by atoms with E-state index < -0.39 is 0 Å². The first-order chi connectivity index (χ1) is 8.15. The van der Waals surface area contributed by atoms with Gasteiger partial charge in [-0.2, -0.15) is 0 Å². The molecular weight excluding hydrogens is 210 g/mol. The molecule has 0 spiro atoms. The van der Waals surface area contributed by atoms with Gasteiger partial charge in [-0.15, -0.1) is 0 Å². The van der Waals surface area contributed by atoms with Gasteiger partial charge in [0.15, 0.2) is 0 Å². The first-order valence-electron chi connectivity index (χ1n) is 7.33. The second-order valence-electron chi connectivity index (χ2n) is 6.29. The van der Waals surface area contributed by atoms with Crippen molar-refractivity contribution in [2.75, 3.05) is 20.1 Å². The number of nitrogens with two attached hydrogens (primary N) is 1. The Labute approximate surface area is 106 Å². The molecule has 0 aromatic rings. The van der Waals surface area contributed by atoms with Crippen LogP contribution in [0.3, 0.4) is 0 Å². The highest BCUT2D eigenvalue weighted by atomic mass is 15.2. The largest absolute Gasteiger partial charge is 0.329 e. The first-order valence-corrected chi connectivity index (χ1v) is 7.33. The number of likely N-dealkylation sites (N-methyl/N-ethyl adjacent to an activating group) is 1. The minimum atomic E-state index is 0.184. The van der Waals surface area contributed by atoms with Crippen molar-refractivity contribution >= 4 is 0 Å². The van der Waals surface area contributed by atoms with E-state index in [9.17, 15) is 0 Å². The van der Waals surface area contributed by atoms with Crippen LogP contribution in [0.2, 0.25) is 0 Å². The van der Waals surface area contributed by atoms with Crippen LogP contribution in [-0.2, 0) is 0 Å². The van der Waals surface area contributed by atoms with E-state index in [1.807, 2.05) is 0 Å². The molecule has 3 nitrogen and oxygen atoms in total. The maximum atomic E-state index is 6.06. The molecule has 17 heavy (non-hydrogen) atoms. The Morgan fingerprint density at radius 1 is 1.24 bits per heavy atom. The number of hydrogen-bond donors (Lipinski definition) is 2. The van der Waals surface area contributed by atoms with Gasteiger partial charge < -0.3 is 16.0 Å². The lowest BCUT2D eigenvalue weighted by atomic mass is 9.93. The molecule has 0 aromatic heterocycles. The second-order valence-corrected chi connectivity index (χ2v) is 6.29. The molecule has 2 atom stereocenters. The molecule has 2 rings (SSSR count). The summed E-state index contributed by atoms with van der Waals surface area (Å²) < 4.78 is 0. The molecule has 2 fully saturated rings. The minimum absolute atomic E-state index is 0.184. The molecule has 3 N–H and O–H groups in total. The van der Waals surface area contributed by atoms with E-state index in [0.29, 0.717) is 12.1 Å². The van der Waals surface area contributed by atoms with Crippen LogP contribution in [0.5, 0.6) is 0 Å². The number of nitrogens with one attached hydrogen (secondary N) is 1. The maximum Gasteiger partial charge on any atom is 0.0449 e. The lowest BCUT2D eigenvalue weighted by molar-refractivity contribution is 0.268. The van der Waals surface area contributed by atoms with E-state index in [-0.39, 0.29) is 5.54 Å². The monoisotopic (exact) mass is 239 g/mol. The topological polar surface area (TPSA) is 41.3 Å². The summed E-state index contributed by atoms with van der Waals surface area (Å²) in [5, 5.41) is 3.92. The number of rotatable bonds is 3. The molecule has 1 aliphatic heterocycles. The van der Waals surface area contributed by atoms with E-state index in [4.69, 9.17) is 5.73 Å². The molecule has 3 heteroatoms. The molecule has 0 bridgehead atoms. The van der Waals surface area contributed by atoms with Gasteiger partial charge in [0.05, 0.1) is 0 Å². The van der Waals surface area contributed by atoms with Gasteiger partial charge in [-0.25, -0.2) is 0 Å². The number of hydrogen-bond acceptors (Lipinski definition) is 3. The van der Waals surface area contributed by atoms with Gasteiger partial charge in [0.25, 0.3) is 0 Å². The normalized spacial score (nSPS) is 37.2. The van der Waals surface area contributed by atoms with Crippen molar-refractivity contribution in [3.63, 3.8) is 0 Å². The van der Waals surface area contributed by atoms with Crippen LogP contribution in [0.4, 0.5) is 0 Å². The van der Waals surface area contributed by atoms with Gasteiger partial charge in [0.1, 0.15) is 0 Å². The second kappa shape index (κ2) is 5.68. The third-order valence-corrected chi connectivity index (χ3v) is 4.75. The van der Waals surface area contributed by atoms with Crippen molar-refractivity contribution in [3.8, 4) is 0 Å². The Morgan fingerprint density at radius 2 is 1.88 bits per heavy atom. The highest BCUT2D eigenvalue weighted by Crippen LogP contribution is 2.27. The SMILES string of the molecule is CC1CC(CN)(NC2CCCCCC2)CN1C. The first kappa shape index (κ1) is 13.3. The van der Waals surface area contributed by atoms with Crippen molar-refractivity contribution in [2.24, 2.45) is 5.73 Å². The van der Waals surface area contributed by atoms with Crippen LogP contribution in [0, 0.1) is 0 Å². The maximum absolute atomic E-state index is 6.06. The van der Waals surface area contributed by atoms with Gasteiger partial charge in [0, 0.05) is 30.7 Å². The van der Waals surface area contributed by atoms with Crippen molar-refractivity contribution in [1.29, 1.82) is 0 Å². The Balaban J connectivity index is 1.94. The molecule has 100 valence electrons. The molecule has 2 aliphatic rings. The third kappa shape index (κ3) is 3.21. The summed E-state index contributed by atoms with van der Waals surface area (Å²) in [4.78, 5) is 2.44. The van der Waals surface area contributed by atoms with Gasteiger partial charge in [-0.05, 0) is 33.2 Å². The summed E-state index contributed by atoms with van der Waals surface area (Å²) in [6, 6.07) is 1.37. The zero-order valence-corrected chi connectivity index (χ0v) is 11.5. The Hall–Kier alpha value is -0.120. The van der Waals surface area contributed by atoms with Crippen molar-refractivity contribution in [1.82, 2.24) is 10.2 Å². The quantitative estimate of drug-likeness (QED) is 0.737. The van der Waals surface area contributed by atoms with Crippen molar-refractivity contribution in [2.45, 2.75) is 69.5 Å².